The number of carbonyl (C=O) groups excluding carboxylic acids is 1. The second-order valence-corrected chi connectivity index (χ2v) is 3.28. The molecule has 1 aromatic carbocycles. The number of ketones is 1. The third kappa shape index (κ3) is 3.38. The average Bonchev–Trinajstić information content (AvgIpc) is 2.12. The molecule has 1 aromatic rings. The van der Waals surface area contributed by atoms with Gasteiger partial charge in [-0.05, 0) is 19.1 Å². The van der Waals surface area contributed by atoms with Crippen molar-refractivity contribution in [3.8, 4) is 5.75 Å². The summed E-state index contributed by atoms with van der Waals surface area (Å²) in [4.78, 5) is 11.1. The van der Waals surface area contributed by atoms with Crippen molar-refractivity contribution < 1.29 is 35.9 Å². The fourth-order valence-electron chi connectivity index (χ4n) is 1.34. The molecule has 0 amide bonds. The van der Waals surface area contributed by atoms with Crippen LogP contribution in [0.5, 0.6) is 5.75 Å². The van der Waals surface area contributed by atoms with Crippen LogP contribution in [0.3, 0.4) is 0 Å². The van der Waals surface area contributed by atoms with Gasteiger partial charge in [0.2, 0.25) is 0 Å². The van der Waals surface area contributed by atoms with Crippen molar-refractivity contribution in [1.82, 2.24) is 0 Å². The number of carbonyl (C=O) groups is 1. The standard InChI is InChI=1S/C10H6F6O2/c1-5(17)8-6(9(11,12)13)3-2-4-7(8)18-10(14,15)16/h2-4H,1H3. The van der Waals surface area contributed by atoms with Crippen LogP contribution in [0.4, 0.5) is 26.3 Å². The number of rotatable bonds is 2. The lowest BCUT2D eigenvalue weighted by Crippen LogP contribution is -2.21. The van der Waals surface area contributed by atoms with Gasteiger partial charge in [0.25, 0.3) is 0 Å². The van der Waals surface area contributed by atoms with E-state index in [0.29, 0.717) is 12.1 Å². The zero-order chi connectivity index (χ0) is 14.1. The van der Waals surface area contributed by atoms with Crippen LogP contribution in [0.25, 0.3) is 0 Å². The first-order valence-corrected chi connectivity index (χ1v) is 4.49. The average molecular weight is 272 g/mol. The van der Waals surface area contributed by atoms with Crippen LogP contribution in [0.2, 0.25) is 0 Å². The summed E-state index contributed by atoms with van der Waals surface area (Å²) in [5.74, 6) is -2.33. The van der Waals surface area contributed by atoms with Crippen LogP contribution in [-0.4, -0.2) is 12.1 Å². The molecule has 0 saturated heterocycles. The van der Waals surface area contributed by atoms with Gasteiger partial charge in [0.05, 0.1) is 11.1 Å². The van der Waals surface area contributed by atoms with Crippen molar-refractivity contribution in [2.75, 3.05) is 0 Å². The normalized spacial score (nSPS) is 12.4. The van der Waals surface area contributed by atoms with E-state index in [9.17, 15) is 31.1 Å². The summed E-state index contributed by atoms with van der Waals surface area (Å²) >= 11 is 0. The van der Waals surface area contributed by atoms with Gasteiger partial charge in [-0.15, -0.1) is 13.2 Å². The summed E-state index contributed by atoms with van der Waals surface area (Å²) in [6, 6.07) is 1.90. The van der Waals surface area contributed by atoms with Crippen LogP contribution in [0.15, 0.2) is 18.2 Å². The Hall–Kier alpha value is -1.73. The van der Waals surface area contributed by atoms with E-state index in [4.69, 9.17) is 0 Å². The van der Waals surface area contributed by atoms with Gasteiger partial charge in [-0.1, -0.05) is 6.07 Å². The Bertz CT molecular complexity index is 460. The van der Waals surface area contributed by atoms with Gasteiger partial charge in [0, 0.05) is 0 Å². The first-order valence-electron chi connectivity index (χ1n) is 4.49. The van der Waals surface area contributed by atoms with Crippen molar-refractivity contribution >= 4 is 5.78 Å². The number of benzene rings is 1. The fraction of sp³-hybridized carbons (Fsp3) is 0.300. The molecular weight excluding hydrogens is 266 g/mol. The molecule has 0 radical (unpaired) electrons. The second kappa shape index (κ2) is 4.51. The number of hydrogen-bond acceptors (Lipinski definition) is 2. The zero-order valence-electron chi connectivity index (χ0n) is 8.82. The summed E-state index contributed by atoms with van der Waals surface area (Å²) in [6.45, 7) is 0.730. The summed E-state index contributed by atoms with van der Waals surface area (Å²) in [6.07, 6.45) is -10.1. The summed E-state index contributed by atoms with van der Waals surface area (Å²) in [5, 5.41) is 0. The highest BCUT2D eigenvalue weighted by Gasteiger charge is 2.39. The van der Waals surface area contributed by atoms with Crippen molar-refractivity contribution in [2.24, 2.45) is 0 Å². The Morgan fingerprint density at radius 2 is 1.67 bits per heavy atom. The molecule has 0 saturated carbocycles. The molecule has 18 heavy (non-hydrogen) atoms. The molecule has 0 aliphatic carbocycles. The van der Waals surface area contributed by atoms with Gasteiger partial charge >= 0.3 is 12.5 Å². The van der Waals surface area contributed by atoms with Crippen LogP contribution in [-0.2, 0) is 6.18 Å². The predicted octanol–water partition coefficient (Wildman–Crippen LogP) is 3.81. The minimum absolute atomic E-state index is 0.514. The van der Waals surface area contributed by atoms with E-state index in [1.807, 2.05) is 0 Å². The van der Waals surface area contributed by atoms with Crippen LogP contribution < -0.4 is 4.74 Å². The molecular formula is C10H6F6O2. The first kappa shape index (κ1) is 14.3. The SMILES string of the molecule is CC(=O)c1c(OC(F)(F)F)cccc1C(F)(F)F. The maximum absolute atomic E-state index is 12.5. The van der Waals surface area contributed by atoms with Gasteiger partial charge in [-0.3, -0.25) is 4.79 Å². The highest BCUT2D eigenvalue weighted by Crippen LogP contribution is 2.37. The molecule has 0 heterocycles. The van der Waals surface area contributed by atoms with E-state index >= 15 is 0 Å². The van der Waals surface area contributed by atoms with Gasteiger partial charge in [0.15, 0.2) is 5.78 Å². The van der Waals surface area contributed by atoms with Gasteiger partial charge < -0.3 is 4.74 Å². The molecule has 0 fully saturated rings. The third-order valence-electron chi connectivity index (χ3n) is 1.91. The molecule has 0 aromatic heterocycles. The summed E-state index contributed by atoms with van der Waals surface area (Å²) in [5.41, 5.74) is -2.60. The Morgan fingerprint density at radius 1 is 1.11 bits per heavy atom. The van der Waals surface area contributed by atoms with Crippen LogP contribution in [0, 0.1) is 0 Å². The van der Waals surface area contributed by atoms with Gasteiger partial charge in [-0.25, -0.2) is 0 Å². The number of hydrogen-bond donors (Lipinski definition) is 0. The molecule has 0 aliphatic rings. The van der Waals surface area contributed by atoms with E-state index in [1.165, 1.54) is 0 Å². The van der Waals surface area contributed by atoms with E-state index in [0.717, 1.165) is 13.0 Å². The minimum Gasteiger partial charge on any atom is -0.405 e. The third-order valence-corrected chi connectivity index (χ3v) is 1.91. The number of alkyl halides is 6. The van der Waals surface area contributed by atoms with Crippen LogP contribution >= 0.6 is 0 Å². The molecule has 100 valence electrons. The lowest BCUT2D eigenvalue weighted by molar-refractivity contribution is -0.274. The van der Waals surface area contributed by atoms with Crippen LogP contribution in [0.1, 0.15) is 22.8 Å². The molecule has 2 nitrogen and oxygen atoms in total. The van der Waals surface area contributed by atoms with Crippen molar-refractivity contribution in [3.63, 3.8) is 0 Å². The topological polar surface area (TPSA) is 26.3 Å². The summed E-state index contributed by atoms with van der Waals surface area (Å²) < 4.78 is 77.0. The number of ether oxygens (including phenoxy) is 1. The number of halogens is 6. The van der Waals surface area contributed by atoms with Gasteiger partial charge in [-0.2, -0.15) is 13.2 Å². The molecule has 0 aliphatic heterocycles. The Balaban J connectivity index is 3.41. The molecule has 0 atom stereocenters. The molecule has 8 heteroatoms. The highest BCUT2D eigenvalue weighted by molar-refractivity contribution is 5.98. The molecule has 0 unspecified atom stereocenters. The van der Waals surface area contributed by atoms with E-state index in [-0.39, 0.29) is 0 Å². The quantitative estimate of drug-likeness (QED) is 0.604. The molecule has 0 bridgehead atoms. The Labute approximate surface area is 97.2 Å². The van der Waals surface area contributed by atoms with Gasteiger partial charge in [0.1, 0.15) is 5.75 Å². The van der Waals surface area contributed by atoms with Crippen molar-refractivity contribution in [1.29, 1.82) is 0 Å². The monoisotopic (exact) mass is 272 g/mol. The lowest BCUT2D eigenvalue weighted by Gasteiger charge is -2.16. The predicted molar refractivity (Wildman–Crippen MR) is 48.1 cm³/mol. The second-order valence-electron chi connectivity index (χ2n) is 3.28. The van der Waals surface area contributed by atoms with E-state index < -0.39 is 35.2 Å². The minimum atomic E-state index is -5.17. The molecule has 0 spiro atoms. The van der Waals surface area contributed by atoms with Crippen molar-refractivity contribution in [2.45, 2.75) is 19.5 Å². The Morgan fingerprint density at radius 3 is 2.06 bits per heavy atom. The largest absolute Gasteiger partial charge is 0.573 e. The maximum atomic E-state index is 12.5. The number of Topliss-reactive ketones (excluding diaryl/α,β-unsaturated/α-hetero) is 1. The van der Waals surface area contributed by atoms with E-state index in [2.05, 4.69) is 4.74 Å². The lowest BCUT2D eigenvalue weighted by atomic mass is 10.0. The highest BCUT2D eigenvalue weighted by atomic mass is 19.4. The Kier molecular flexibility index (Phi) is 3.59. The maximum Gasteiger partial charge on any atom is 0.573 e. The van der Waals surface area contributed by atoms with E-state index in [1.54, 1.807) is 0 Å². The first-order chi connectivity index (χ1) is 8.02. The zero-order valence-corrected chi connectivity index (χ0v) is 8.82. The van der Waals surface area contributed by atoms with Crippen molar-refractivity contribution in [3.05, 3.63) is 29.3 Å². The molecule has 0 N–H and O–H groups in total. The molecule has 1 rings (SSSR count). The smallest absolute Gasteiger partial charge is 0.405 e. The summed E-state index contributed by atoms with van der Waals surface area (Å²) in [7, 11) is 0. The fourth-order valence-corrected chi connectivity index (χ4v) is 1.34.